The quantitative estimate of drug-likeness (QED) is 0.472. The molecule has 120 valence electrons. The number of carbonyl (C=O) groups is 2. The maximum absolute atomic E-state index is 11.8. The number of carboxylic acid groups (broad SMARTS) is 1. The molecule has 8 heteroatoms. The number of hydrogen-bond donors (Lipinski definition) is 2. The van der Waals surface area contributed by atoms with Crippen molar-refractivity contribution in [2.75, 3.05) is 5.75 Å². The number of nitrogens with two attached hydrogens (primary N) is 1. The molecule has 23 heavy (non-hydrogen) atoms. The summed E-state index contributed by atoms with van der Waals surface area (Å²) in [6.45, 7) is 0. The van der Waals surface area contributed by atoms with Crippen molar-refractivity contribution in [2.24, 2.45) is 12.8 Å². The minimum atomic E-state index is -1.09. The molecule has 0 aliphatic carbocycles. The number of fused-ring (bicyclic) bond motifs is 1. The van der Waals surface area contributed by atoms with Crippen molar-refractivity contribution in [1.29, 1.82) is 0 Å². The number of allylic oxidation sites excluding steroid dienone is 1. The molecule has 0 aromatic carbocycles. The highest BCUT2D eigenvalue weighted by atomic mass is 32.2. The fourth-order valence-corrected chi connectivity index (χ4v) is 4.36. The van der Waals surface area contributed by atoms with Gasteiger partial charge in [-0.15, -0.1) is 11.8 Å². The highest BCUT2D eigenvalue weighted by Gasteiger charge is 2.51. The van der Waals surface area contributed by atoms with Crippen LogP contribution in [0.25, 0.3) is 0 Å². The Bertz CT molecular complexity index is 715. The number of thioether (sulfide) groups is 2. The average molecular weight is 350 g/mol. The van der Waals surface area contributed by atoms with Crippen molar-refractivity contribution >= 4 is 35.4 Å². The first-order valence-corrected chi connectivity index (χ1v) is 8.87. The summed E-state index contributed by atoms with van der Waals surface area (Å²) in [5.41, 5.74) is 6.41. The standard InChI is InChI=1S/C15H15N3O3S2/c1-17-5-2-10(3-6-17)22-7-4-9-8-23-14-11(16)13(19)18(14)12(9)15(20)21/h2-7,11,14H,8,16H2,1H3/p+1/b7-4+/t11-,14-/m1/s1. The maximum Gasteiger partial charge on any atom is 0.352 e. The SMILES string of the molecule is C[n+]1ccc(S/C=C/C2=C(C(=O)O)N3C(=O)[C@@H](N)[C@H]3SC2)cc1. The van der Waals surface area contributed by atoms with Crippen LogP contribution in [-0.2, 0) is 16.6 Å². The van der Waals surface area contributed by atoms with Crippen LogP contribution in [0.2, 0.25) is 0 Å². The Morgan fingerprint density at radius 3 is 2.87 bits per heavy atom. The first-order valence-electron chi connectivity index (χ1n) is 6.94. The van der Waals surface area contributed by atoms with Gasteiger partial charge in [-0.25, -0.2) is 9.36 Å². The third-order valence-electron chi connectivity index (χ3n) is 3.66. The van der Waals surface area contributed by atoms with E-state index in [2.05, 4.69) is 0 Å². The molecule has 3 heterocycles. The van der Waals surface area contributed by atoms with E-state index in [1.165, 1.54) is 28.4 Å². The number of nitrogens with zero attached hydrogens (tertiary/aromatic N) is 2. The highest BCUT2D eigenvalue weighted by Crippen LogP contribution is 2.40. The number of β-lactam (4-membered cyclic amide) rings is 1. The second-order valence-corrected chi connectivity index (χ2v) is 7.32. The van der Waals surface area contributed by atoms with Gasteiger partial charge < -0.3 is 10.8 Å². The Morgan fingerprint density at radius 1 is 1.52 bits per heavy atom. The summed E-state index contributed by atoms with van der Waals surface area (Å²) in [6.07, 6.45) is 5.65. The van der Waals surface area contributed by atoms with E-state index in [4.69, 9.17) is 5.73 Å². The molecule has 0 unspecified atom stereocenters. The smallest absolute Gasteiger partial charge is 0.352 e. The van der Waals surface area contributed by atoms with Gasteiger partial charge in [0.2, 0.25) is 5.91 Å². The molecule has 0 bridgehead atoms. The molecule has 1 fully saturated rings. The van der Waals surface area contributed by atoms with Crippen LogP contribution in [0.4, 0.5) is 0 Å². The molecule has 3 N–H and O–H groups in total. The molecule has 2 aliphatic heterocycles. The topological polar surface area (TPSA) is 87.5 Å². The molecule has 3 rings (SSSR count). The number of aromatic nitrogens is 1. The summed E-state index contributed by atoms with van der Waals surface area (Å²) in [4.78, 5) is 25.7. The van der Waals surface area contributed by atoms with E-state index in [1.807, 2.05) is 41.5 Å². The van der Waals surface area contributed by atoms with E-state index in [1.54, 1.807) is 6.08 Å². The molecule has 1 aromatic heterocycles. The number of carboxylic acids is 1. The summed E-state index contributed by atoms with van der Waals surface area (Å²) in [7, 11) is 1.94. The zero-order valence-electron chi connectivity index (χ0n) is 12.4. The van der Waals surface area contributed by atoms with E-state index in [-0.39, 0.29) is 17.0 Å². The molecule has 0 saturated carbocycles. The van der Waals surface area contributed by atoms with Crippen LogP contribution in [0.1, 0.15) is 0 Å². The lowest BCUT2D eigenvalue weighted by molar-refractivity contribution is -0.671. The van der Waals surface area contributed by atoms with Gasteiger partial charge in [0, 0.05) is 22.8 Å². The third-order valence-corrected chi connectivity index (χ3v) is 5.80. The maximum atomic E-state index is 11.8. The Hall–Kier alpha value is -1.77. The summed E-state index contributed by atoms with van der Waals surface area (Å²) in [5.74, 6) is -0.884. The number of aryl methyl sites for hydroxylation is 1. The molecule has 1 aromatic rings. The molecular formula is C15H16N3O3S2+. The largest absolute Gasteiger partial charge is 0.477 e. The second-order valence-electron chi connectivity index (χ2n) is 5.23. The summed E-state index contributed by atoms with van der Waals surface area (Å²) >= 11 is 3.00. The van der Waals surface area contributed by atoms with E-state index < -0.39 is 12.0 Å². The predicted octanol–water partition coefficient (Wildman–Crippen LogP) is 0.698. The van der Waals surface area contributed by atoms with Gasteiger partial charge in [-0.3, -0.25) is 9.69 Å². The van der Waals surface area contributed by atoms with Crippen molar-refractivity contribution in [1.82, 2.24) is 4.90 Å². The zero-order chi connectivity index (χ0) is 16.6. The van der Waals surface area contributed by atoms with Crippen LogP contribution < -0.4 is 10.3 Å². The van der Waals surface area contributed by atoms with Crippen LogP contribution >= 0.6 is 23.5 Å². The number of pyridine rings is 1. The molecule has 2 atom stereocenters. The third kappa shape index (κ3) is 3.01. The first kappa shape index (κ1) is 16.1. The number of amides is 1. The normalized spacial score (nSPS) is 23.9. The van der Waals surface area contributed by atoms with E-state index in [0.717, 1.165) is 4.90 Å². The molecular weight excluding hydrogens is 334 g/mol. The van der Waals surface area contributed by atoms with E-state index in [0.29, 0.717) is 11.3 Å². The lowest BCUT2D eigenvalue weighted by Gasteiger charge is -2.47. The lowest BCUT2D eigenvalue weighted by Crippen LogP contribution is -2.68. The molecule has 1 saturated heterocycles. The highest BCUT2D eigenvalue weighted by molar-refractivity contribution is 8.02. The van der Waals surface area contributed by atoms with Crippen molar-refractivity contribution in [3.63, 3.8) is 0 Å². The molecule has 1 amide bonds. The second kappa shape index (κ2) is 6.38. The average Bonchev–Trinajstić information content (AvgIpc) is 2.55. The minimum absolute atomic E-state index is 0.0526. The van der Waals surface area contributed by atoms with Gasteiger partial charge in [0.05, 0.1) is 0 Å². The molecule has 0 spiro atoms. The minimum Gasteiger partial charge on any atom is -0.477 e. The lowest BCUT2D eigenvalue weighted by atomic mass is 10.0. The van der Waals surface area contributed by atoms with Crippen molar-refractivity contribution in [3.05, 3.63) is 47.3 Å². The van der Waals surface area contributed by atoms with Gasteiger partial charge in [0.1, 0.15) is 24.2 Å². The monoisotopic (exact) mass is 350 g/mol. The number of carbonyl (C=O) groups excluding carboxylic acids is 1. The summed E-state index contributed by atoms with van der Waals surface area (Å²) < 4.78 is 1.94. The Kier molecular flexibility index (Phi) is 4.47. The Labute approximate surface area is 142 Å². The van der Waals surface area contributed by atoms with Crippen molar-refractivity contribution < 1.29 is 19.3 Å². The predicted molar refractivity (Wildman–Crippen MR) is 88.3 cm³/mol. The van der Waals surface area contributed by atoms with Gasteiger partial charge in [-0.2, -0.15) is 0 Å². The van der Waals surface area contributed by atoms with Crippen LogP contribution in [0.5, 0.6) is 0 Å². The number of aliphatic carboxylic acids is 1. The first-order chi connectivity index (χ1) is 11.0. The molecule has 2 aliphatic rings. The fourth-order valence-electron chi connectivity index (χ4n) is 2.43. The van der Waals surface area contributed by atoms with Gasteiger partial charge >= 0.3 is 5.97 Å². The molecule has 0 radical (unpaired) electrons. The van der Waals surface area contributed by atoms with Crippen molar-refractivity contribution in [2.45, 2.75) is 16.3 Å². The van der Waals surface area contributed by atoms with Gasteiger partial charge in [0.15, 0.2) is 12.4 Å². The van der Waals surface area contributed by atoms with Crippen LogP contribution in [0, 0.1) is 0 Å². The zero-order valence-corrected chi connectivity index (χ0v) is 14.0. The van der Waals surface area contributed by atoms with Crippen LogP contribution in [-0.4, -0.2) is 39.1 Å². The van der Waals surface area contributed by atoms with Gasteiger partial charge in [-0.05, 0) is 17.1 Å². The van der Waals surface area contributed by atoms with Gasteiger partial charge in [0.25, 0.3) is 0 Å². The number of rotatable bonds is 4. The van der Waals surface area contributed by atoms with Crippen molar-refractivity contribution in [3.8, 4) is 0 Å². The number of hydrogen-bond acceptors (Lipinski definition) is 5. The van der Waals surface area contributed by atoms with Crippen LogP contribution in [0.15, 0.2) is 52.2 Å². The fraction of sp³-hybridized carbons (Fsp3) is 0.267. The Balaban J connectivity index is 1.79. The van der Waals surface area contributed by atoms with Crippen LogP contribution in [0.3, 0.4) is 0 Å². The van der Waals surface area contributed by atoms with E-state index in [9.17, 15) is 14.7 Å². The van der Waals surface area contributed by atoms with E-state index >= 15 is 0 Å². The Morgan fingerprint density at radius 2 is 2.22 bits per heavy atom. The molecule has 6 nitrogen and oxygen atoms in total. The van der Waals surface area contributed by atoms with Gasteiger partial charge in [-0.1, -0.05) is 11.8 Å². The summed E-state index contributed by atoms with van der Waals surface area (Å²) in [6, 6.07) is 3.36. The summed E-state index contributed by atoms with van der Waals surface area (Å²) in [5, 5.41) is 11.0.